The molecule has 4 atom stereocenters. The second-order valence-electron chi connectivity index (χ2n) is 7.37. The van der Waals surface area contributed by atoms with E-state index in [0.717, 1.165) is 0 Å². The molecule has 112 valence electrons. The molecule has 19 heavy (non-hydrogen) atoms. The molecule has 0 unspecified atom stereocenters. The quantitative estimate of drug-likeness (QED) is 0.641. The first-order valence-corrected chi connectivity index (χ1v) is 9.82. The summed E-state index contributed by atoms with van der Waals surface area (Å²) >= 11 is 0. The standard InChI is InChI=1S/C14H28O4Si/c1-9-11(18-19(7,8)13(3,4)5)14(6,10(2)15)17-12(9)16/h9-11,15H,1-8H3/t9-,10-,11-,14+/m0/s1. The molecule has 1 N–H and O–H groups in total. The first-order chi connectivity index (χ1) is 8.33. The smallest absolute Gasteiger partial charge is 0.312 e. The van der Waals surface area contributed by atoms with E-state index >= 15 is 0 Å². The second-order valence-corrected chi connectivity index (χ2v) is 12.1. The van der Waals surface area contributed by atoms with Gasteiger partial charge < -0.3 is 14.3 Å². The lowest BCUT2D eigenvalue weighted by Gasteiger charge is -2.43. The molecule has 1 aliphatic heterocycles. The van der Waals surface area contributed by atoms with E-state index < -0.39 is 20.0 Å². The van der Waals surface area contributed by atoms with Gasteiger partial charge in [-0.1, -0.05) is 20.8 Å². The molecule has 1 fully saturated rings. The molecule has 0 spiro atoms. The Kier molecular flexibility index (Phi) is 4.26. The fourth-order valence-electron chi connectivity index (χ4n) is 2.02. The monoisotopic (exact) mass is 288 g/mol. The number of hydrogen-bond donors (Lipinski definition) is 1. The Morgan fingerprint density at radius 1 is 1.42 bits per heavy atom. The number of esters is 1. The molecule has 0 aromatic rings. The zero-order valence-corrected chi connectivity index (χ0v) is 14.4. The van der Waals surface area contributed by atoms with Crippen LogP contribution < -0.4 is 0 Å². The highest BCUT2D eigenvalue weighted by molar-refractivity contribution is 6.74. The topological polar surface area (TPSA) is 55.8 Å². The Labute approximate surface area is 117 Å². The summed E-state index contributed by atoms with van der Waals surface area (Å²) in [5, 5.41) is 10.0. The Morgan fingerprint density at radius 2 is 1.89 bits per heavy atom. The van der Waals surface area contributed by atoms with Gasteiger partial charge in [0.25, 0.3) is 0 Å². The highest BCUT2D eigenvalue weighted by atomic mass is 28.4. The van der Waals surface area contributed by atoms with Gasteiger partial charge in [-0.2, -0.15) is 0 Å². The fraction of sp³-hybridized carbons (Fsp3) is 0.929. The lowest BCUT2D eigenvalue weighted by atomic mass is 9.89. The van der Waals surface area contributed by atoms with E-state index in [1.165, 1.54) is 0 Å². The largest absolute Gasteiger partial charge is 0.454 e. The average Bonchev–Trinajstić information content (AvgIpc) is 2.41. The molecule has 1 aliphatic rings. The maximum Gasteiger partial charge on any atom is 0.312 e. The minimum atomic E-state index is -2.02. The molecule has 0 aliphatic carbocycles. The zero-order valence-electron chi connectivity index (χ0n) is 13.4. The minimum Gasteiger partial charge on any atom is -0.454 e. The first kappa shape index (κ1) is 16.7. The van der Waals surface area contributed by atoms with E-state index in [-0.39, 0.29) is 23.0 Å². The van der Waals surface area contributed by atoms with Crippen molar-refractivity contribution in [1.29, 1.82) is 0 Å². The van der Waals surface area contributed by atoms with Crippen LogP contribution in [0.1, 0.15) is 41.5 Å². The molecule has 1 rings (SSSR count). The Morgan fingerprint density at radius 3 is 2.26 bits per heavy atom. The molecule has 1 saturated heterocycles. The molecule has 0 bridgehead atoms. The van der Waals surface area contributed by atoms with Crippen LogP contribution in [0.15, 0.2) is 0 Å². The van der Waals surface area contributed by atoms with E-state index in [1.54, 1.807) is 13.8 Å². The highest BCUT2D eigenvalue weighted by Crippen LogP contribution is 2.43. The van der Waals surface area contributed by atoms with Gasteiger partial charge in [-0.15, -0.1) is 0 Å². The summed E-state index contributed by atoms with van der Waals surface area (Å²) in [6.07, 6.45) is -1.14. The Bertz CT molecular complexity index is 359. The van der Waals surface area contributed by atoms with Crippen LogP contribution in [0.3, 0.4) is 0 Å². The van der Waals surface area contributed by atoms with Gasteiger partial charge in [0.2, 0.25) is 0 Å². The van der Waals surface area contributed by atoms with Crippen LogP contribution in [0.5, 0.6) is 0 Å². The molecule has 0 aromatic heterocycles. The average molecular weight is 288 g/mol. The summed E-state index contributed by atoms with van der Waals surface area (Å²) < 4.78 is 11.8. The van der Waals surface area contributed by atoms with Crippen LogP contribution in [0.25, 0.3) is 0 Å². The molecule has 4 nitrogen and oxygen atoms in total. The molecule has 0 radical (unpaired) electrons. The van der Waals surface area contributed by atoms with Crippen LogP contribution >= 0.6 is 0 Å². The summed E-state index contributed by atoms with van der Waals surface area (Å²) in [6, 6.07) is 0. The predicted molar refractivity (Wildman–Crippen MR) is 77.4 cm³/mol. The Hall–Kier alpha value is -0.393. The van der Waals surface area contributed by atoms with E-state index in [9.17, 15) is 9.90 Å². The van der Waals surface area contributed by atoms with Crippen molar-refractivity contribution >= 4 is 14.3 Å². The minimum absolute atomic E-state index is 0.0535. The summed E-state index contributed by atoms with van der Waals surface area (Å²) in [6.45, 7) is 16.0. The summed E-state index contributed by atoms with van der Waals surface area (Å²) in [5.41, 5.74) is -0.952. The van der Waals surface area contributed by atoms with Crippen LogP contribution in [0, 0.1) is 5.92 Å². The second kappa shape index (κ2) is 4.86. The van der Waals surface area contributed by atoms with Gasteiger partial charge >= 0.3 is 5.97 Å². The molecule has 5 heteroatoms. The third-order valence-electron chi connectivity index (χ3n) is 4.77. The molecular formula is C14H28O4Si. The van der Waals surface area contributed by atoms with Crippen molar-refractivity contribution in [3.05, 3.63) is 0 Å². The van der Waals surface area contributed by atoms with Gasteiger partial charge in [-0.05, 0) is 38.9 Å². The third kappa shape index (κ3) is 2.88. The number of cyclic esters (lactones) is 1. The third-order valence-corrected chi connectivity index (χ3v) is 9.22. The number of aliphatic hydroxyl groups is 1. The van der Waals surface area contributed by atoms with E-state index in [2.05, 4.69) is 33.9 Å². The number of carbonyl (C=O) groups excluding carboxylic acids is 1. The molecule has 0 saturated carbocycles. The van der Waals surface area contributed by atoms with E-state index in [4.69, 9.17) is 9.16 Å². The molecule has 0 amide bonds. The SMILES string of the molecule is C[C@@H]1C(=O)O[C@](C)([C@H](C)O)[C@H]1O[Si](C)(C)C(C)(C)C. The number of rotatable bonds is 3. The van der Waals surface area contributed by atoms with Crippen molar-refractivity contribution in [3.8, 4) is 0 Å². The van der Waals surface area contributed by atoms with E-state index in [0.29, 0.717) is 0 Å². The van der Waals surface area contributed by atoms with Gasteiger partial charge in [-0.3, -0.25) is 4.79 Å². The van der Waals surface area contributed by atoms with Crippen molar-refractivity contribution in [3.63, 3.8) is 0 Å². The van der Waals surface area contributed by atoms with Crippen molar-refractivity contribution in [1.82, 2.24) is 0 Å². The summed E-state index contributed by atoms with van der Waals surface area (Å²) in [4.78, 5) is 11.8. The normalized spacial score (nSPS) is 34.3. The lowest BCUT2D eigenvalue weighted by molar-refractivity contribution is -0.160. The zero-order chi connectivity index (χ0) is 15.2. The lowest BCUT2D eigenvalue weighted by Crippen LogP contribution is -2.54. The van der Waals surface area contributed by atoms with Crippen molar-refractivity contribution < 1.29 is 19.1 Å². The van der Waals surface area contributed by atoms with Crippen molar-refractivity contribution in [2.45, 2.75) is 77.5 Å². The number of aliphatic hydroxyl groups excluding tert-OH is 1. The van der Waals surface area contributed by atoms with Gasteiger partial charge in [0, 0.05) is 0 Å². The van der Waals surface area contributed by atoms with Gasteiger partial charge in [0.05, 0.1) is 12.0 Å². The predicted octanol–water partition coefficient (Wildman–Crippen LogP) is 2.71. The number of ether oxygens (including phenoxy) is 1. The maximum absolute atomic E-state index is 11.8. The molecule has 0 aromatic carbocycles. The van der Waals surface area contributed by atoms with Gasteiger partial charge in [-0.25, -0.2) is 0 Å². The van der Waals surface area contributed by atoms with Crippen LogP contribution in [0.4, 0.5) is 0 Å². The summed E-state index contributed by atoms with van der Waals surface area (Å²) in [7, 11) is -2.02. The number of hydrogen-bond acceptors (Lipinski definition) is 4. The number of carbonyl (C=O) groups is 1. The van der Waals surface area contributed by atoms with Crippen LogP contribution in [-0.4, -0.2) is 37.2 Å². The Balaban J connectivity index is 3.06. The van der Waals surface area contributed by atoms with Gasteiger partial charge in [0.15, 0.2) is 13.9 Å². The fourth-order valence-corrected chi connectivity index (χ4v) is 3.45. The van der Waals surface area contributed by atoms with Crippen molar-refractivity contribution in [2.24, 2.45) is 5.92 Å². The highest BCUT2D eigenvalue weighted by Gasteiger charge is 2.57. The maximum atomic E-state index is 11.8. The van der Waals surface area contributed by atoms with Crippen molar-refractivity contribution in [2.75, 3.05) is 0 Å². The van der Waals surface area contributed by atoms with E-state index in [1.807, 2.05) is 6.92 Å². The first-order valence-electron chi connectivity index (χ1n) is 6.91. The van der Waals surface area contributed by atoms with Gasteiger partial charge in [0.1, 0.15) is 6.10 Å². The van der Waals surface area contributed by atoms with Crippen LogP contribution in [0.2, 0.25) is 18.1 Å². The molecule has 1 heterocycles. The van der Waals surface area contributed by atoms with Crippen LogP contribution in [-0.2, 0) is 14.0 Å². The summed E-state index contributed by atoms with van der Waals surface area (Å²) in [5.74, 6) is -0.624. The molecular weight excluding hydrogens is 260 g/mol.